The topological polar surface area (TPSA) is 86.9 Å². The van der Waals surface area contributed by atoms with E-state index in [-0.39, 0.29) is 11.6 Å². The predicted molar refractivity (Wildman–Crippen MR) is 81.1 cm³/mol. The molecule has 2 aromatic rings. The van der Waals surface area contributed by atoms with Crippen molar-refractivity contribution in [2.24, 2.45) is 7.05 Å². The fraction of sp³-hybridized carbons (Fsp3) is 0.500. The van der Waals surface area contributed by atoms with Gasteiger partial charge in [0.05, 0.1) is 31.1 Å². The highest BCUT2D eigenvalue weighted by molar-refractivity contribution is 9.10. The van der Waals surface area contributed by atoms with Gasteiger partial charge in [-0.15, -0.1) is 10.2 Å². The number of rotatable bonds is 6. The number of anilines is 1. The summed E-state index contributed by atoms with van der Waals surface area (Å²) in [5.74, 6) is 0.769. The Morgan fingerprint density at radius 1 is 1.52 bits per heavy atom. The van der Waals surface area contributed by atoms with E-state index in [0.29, 0.717) is 23.3 Å². The first kappa shape index (κ1) is 15.6. The number of methoxy groups -OCH3 is 1. The summed E-state index contributed by atoms with van der Waals surface area (Å²) >= 11 is 3.31. The molecule has 114 valence electrons. The van der Waals surface area contributed by atoms with Crippen molar-refractivity contribution < 1.29 is 4.74 Å². The van der Waals surface area contributed by atoms with Crippen LogP contribution in [0.15, 0.2) is 21.8 Å². The Bertz CT molecular complexity index is 668. The predicted octanol–water partition coefficient (Wildman–Crippen LogP) is 0.954. The van der Waals surface area contributed by atoms with E-state index in [0.717, 1.165) is 5.82 Å². The molecule has 1 atom stereocenters. The van der Waals surface area contributed by atoms with Crippen LogP contribution in [0.2, 0.25) is 0 Å². The summed E-state index contributed by atoms with van der Waals surface area (Å²) in [5.41, 5.74) is 0.409. The molecule has 8 nitrogen and oxygen atoms in total. The van der Waals surface area contributed by atoms with Crippen LogP contribution in [0, 0.1) is 0 Å². The molecule has 9 heteroatoms. The van der Waals surface area contributed by atoms with Crippen LogP contribution < -0.4 is 10.9 Å². The monoisotopic (exact) mass is 356 g/mol. The number of nitrogens with one attached hydrogen (secondary N) is 1. The normalized spacial score (nSPS) is 12.4. The van der Waals surface area contributed by atoms with Gasteiger partial charge in [-0.05, 0) is 22.9 Å². The fourth-order valence-electron chi connectivity index (χ4n) is 1.88. The Labute approximate surface area is 130 Å². The molecule has 1 unspecified atom stereocenters. The third kappa shape index (κ3) is 3.48. The molecule has 1 N–H and O–H groups in total. The zero-order chi connectivity index (χ0) is 15.4. The van der Waals surface area contributed by atoms with Gasteiger partial charge in [0.1, 0.15) is 10.8 Å². The molecular weight excluding hydrogens is 340 g/mol. The second kappa shape index (κ2) is 6.81. The Kier molecular flexibility index (Phi) is 5.07. The Hall–Kier alpha value is -1.74. The van der Waals surface area contributed by atoms with Gasteiger partial charge in [-0.3, -0.25) is 4.79 Å². The number of aryl methyl sites for hydroxylation is 1. The van der Waals surface area contributed by atoms with Gasteiger partial charge in [0.15, 0.2) is 5.82 Å². The van der Waals surface area contributed by atoms with E-state index in [9.17, 15) is 4.79 Å². The van der Waals surface area contributed by atoms with Gasteiger partial charge >= 0.3 is 0 Å². The van der Waals surface area contributed by atoms with E-state index in [1.807, 2.05) is 18.5 Å². The van der Waals surface area contributed by atoms with Gasteiger partial charge in [0.2, 0.25) is 0 Å². The molecule has 2 aromatic heterocycles. The van der Waals surface area contributed by atoms with Crippen molar-refractivity contribution in [3.63, 3.8) is 0 Å². The number of halogens is 1. The van der Waals surface area contributed by atoms with Gasteiger partial charge in [-0.2, -0.15) is 5.10 Å². The average molecular weight is 357 g/mol. The molecule has 0 aromatic carbocycles. The van der Waals surface area contributed by atoms with Gasteiger partial charge < -0.3 is 14.6 Å². The van der Waals surface area contributed by atoms with Crippen LogP contribution in [0.3, 0.4) is 0 Å². The maximum Gasteiger partial charge on any atom is 0.283 e. The minimum atomic E-state index is -0.206. The highest BCUT2D eigenvalue weighted by atomic mass is 79.9. The maximum atomic E-state index is 12.2. The van der Waals surface area contributed by atoms with Crippen LogP contribution in [-0.4, -0.2) is 38.3 Å². The van der Waals surface area contributed by atoms with E-state index < -0.39 is 0 Å². The lowest BCUT2D eigenvalue weighted by Gasteiger charge is -2.15. The summed E-state index contributed by atoms with van der Waals surface area (Å²) in [7, 11) is 3.45. The van der Waals surface area contributed by atoms with E-state index in [1.54, 1.807) is 19.6 Å². The molecule has 0 aliphatic carbocycles. The summed E-state index contributed by atoms with van der Waals surface area (Å²) in [4.78, 5) is 12.2. The molecule has 2 rings (SSSR count). The smallest absolute Gasteiger partial charge is 0.283 e. The molecule has 0 bridgehead atoms. The van der Waals surface area contributed by atoms with Crippen LogP contribution in [0.25, 0.3) is 0 Å². The molecule has 0 spiro atoms. The molecule has 0 radical (unpaired) electrons. The Morgan fingerprint density at radius 2 is 2.29 bits per heavy atom. The highest BCUT2D eigenvalue weighted by Gasteiger charge is 2.15. The van der Waals surface area contributed by atoms with E-state index >= 15 is 0 Å². The number of ether oxygens (including phenoxy) is 1. The first-order valence-corrected chi connectivity index (χ1v) is 7.19. The lowest BCUT2D eigenvalue weighted by atomic mass is 10.3. The number of aromatic nitrogens is 5. The summed E-state index contributed by atoms with van der Waals surface area (Å²) in [6.45, 7) is 2.78. The third-order valence-corrected chi connectivity index (χ3v) is 3.76. The van der Waals surface area contributed by atoms with Crippen molar-refractivity contribution >= 4 is 21.6 Å². The van der Waals surface area contributed by atoms with E-state index in [4.69, 9.17) is 4.74 Å². The number of hydrogen-bond donors (Lipinski definition) is 1. The molecule has 2 heterocycles. The van der Waals surface area contributed by atoms with Crippen LogP contribution in [0.5, 0.6) is 0 Å². The van der Waals surface area contributed by atoms with E-state index in [1.165, 1.54) is 4.68 Å². The highest BCUT2D eigenvalue weighted by Crippen LogP contribution is 2.21. The average Bonchev–Trinajstić information content (AvgIpc) is 2.89. The number of hydrogen-bond acceptors (Lipinski definition) is 6. The second-order valence-electron chi connectivity index (χ2n) is 4.56. The van der Waals surface area contributed by atoms with Gasteiger partial charge in [-0.25, -0.2) is 4.68 Å². The SMILES string of the molecule is COCCn1ncc(NC(C)c2nncn2C)c(Br)c1=O. The number of nitrogens with zero attached hydrogens (tertiary/aromatic N) is 5. The first-order valence-electron chi connectivity index (χ1n) is 6.39. The zero-order valence-electron chi connectivity index (χ0n) is 12.1. The first-order chi connectivity index (χ1) is 10.0. The van der Waals surface area contributed by atoms with Crippen LogP contribution in [0.4, 0.5) is 5.69 Å². The standard InChI is InChI=1S/C12H17BrN6O2/c1-8(11-17-14-7-18(11)2)16-9-6-15-19(4-5-21-3)12(20)10(9)13/h6-8,16H,4-5H2,1-3H3. The molecule has 21 heavy (non-hydrogen) atoms. The van der Waals surface area contributed by atoms with Crippen molar-refractivity contribution in [3.05, 3.63) is 33.2 Å². The molecule has 0 aliphatic heterocycles. The lowest BCUT2D eigenvalue weighted by molar-refractivity contribution is 0.181. The molecular formula is C12H17BrN6O2. The largest absolute Gasteiger partial charge is 0.383 e. The van der Waals surface area contributed by atoms with Crippen molar-refractivity contribution in [2.75, 3.05) is 19.0 Å². The lowest BCUT2D eigenvalue weighted by Crippen LogP contribution is -2.26. The summed E-state index contributed by atoms with van der Waals surface area (Å²) in [6.07, 6.45) is 3.23. The van der Waals surface area contributed by atoms with Crippen molar-refractivity contribution in [2.45, 2.75) is 19.5 Å². The summed E-state index contributed by atoms with van der Waals surface area (Å²) in [5, 5.41) is 15.2. The quantitative estimate of drug-likeness (QED) is 0.829. The fourth-order valence-corrected chi connectivity index (χ4v) is 2.31. The molecule has 0 saturated carbocycles. The molecule has 0 aliphatic rings. The van der Waals surface area contributed by atoms with Gasteiger partial charge in [-0.1, -0.05) is 0 Å². The Balaban J connectivity index is 2.20. The zero-order valence-corrected chi connectivity index (χ0v) is 13.7. The second-order valence-corrected chi connectivity index (χ2v) is 5.35. The van der Waals surface area contributed by atoms with Gasteiger partial charge in [0.25, 0.3) is 5.56 Å². The van der Waals surface area contributed by atoms with Gasteiger partial charge in [0, 0.05) is 14.2 Å². The summed E-state index contributed by atoms with van der Waals surface area (Å²) in [6, 6.07) is -0.107. The maximum absolute atomic E-state index is 12.2. The van der Waals surface area contributed by atoms with Crippen LogP contribution in [-0.2, 0) is 18.3 Å². The van der Waals surface area contributed by atoms with Crippen molar-refractivity contribution in [1.82, 2.24) is 24.5 Å². The minimum absolute atomic E-state index is 0.107. The molecule has 0 fully saturated rings. The molecule has 0 saturated heterocycles. The summed E-state index contributed by atoms with van der Waals surface area (Å²) < 4.78 is 8.55. The van der Waals surface area contributed by atoms with Crippen LogP contribution in [0.1, 0.15) is 18.8 Å². The minimum Gasteiger partial charge on any atom is -0.383 e. The van der Waals surface area contributed by atoms with Crippen LogP contribution >= 0.6 is 15.9 Å². The van der Waals surface area contributed by atoms with E-state index in [2.05, 4.69) is 36.5 Å². The Morgan fingerprint density at radius 3 is 2.90 bits per heavy atom. The van der Waals surface area contributed by atoms with Crippen molar-refractivity contribution in [1.29, 1.82) is 0 Å². The molecule has 0 amide bonds. The van der Waals surface area contributed by atoms with Crippen molar-refractivity contribution in [3.8, 4) is 0 Å². The third-order valence-electron chi connectivity index (χ3n) is 3.00.